The number of hydrogen-bond acceptors (Lipinski definition) is 2. The highest BCUT2D eigenvalue weighted by Crippen LogP contribution is 2.21. The van der Waals surface area contributed by atoms with Gasteiger partial charge in [-0.1, -0.05) is 17.7 Å². The monoisotopic (exact) mass is 267 g/mol. The molecule has 0 radical (unpaired) electrons. The molecule has 18 heavy (non-hydrogen) atoms. The Morgan fingerprint density at radius 3 is 3.00 bits per heavy atom. The van der Waals surface area contributed by atoms with E-state index in [0.717, 1.165) is 11.3 Å². The number of ether oxygens (including phenoxy) is 1. The Balaban J connectivity index is 2.25. The maximum absolute atomic E-state index is 11.3. The van der Waals surface area contributed by atoms with E-state index in [1.54, 1.807) is 12.1 Å². The molecule has 98 valence electrons. The Hall–Kier alpha value is -1.48. The van der Waals surface area contributed by atoms with Crippen LogP contribution in [0.25, 0.3) is 0 Å². The van der Waals surface area contributed by atoms with E-state index in [1.165, 1.54) is 0 Å². The zero-order valence-corrected chi connectivity index (χ0v) is 11.3. The molecule has 0 spiro atoms. The highest BCUT2D eigenvalue weighted by molar-refractivity contribution is 6.30. The van der Waals surface area contributed by atoms with Crippen LogP contribution in [-0.4, -0.2) is 19.1 Å². The maximum Gasteiger partial charge on any atom is 0.220 e. The summed E-state index contributed by atoms with van der Waals surface area (Å²) >= 11 is 5.85. The molecule has 1 rings (SSSR count). The van der Waals surface area contributed by atoms with Crippen molar-refractivity contribution in [2.75, 3.05) is 13.2 Å². The number of halogens is 1. The Bertz CT molecular complexity index is 418. The van der Waals surface area contributed by atoms with Crippen LogP contribution in [-0.2, 0) is 4.79 Å². The predicted octanol–water partition coefficient (Wildman–Crippen LogP) is 3.11. The van der Waals surface area contributed by atoms with Crippen LogP contribution in [0.5, 0.6) is 5.75 Å². The van der Waals surface area contributed by atoms with Gasteiger partial charge in [-0.15, -0.1) is 6.58 Å². The van der Waals surface area contributed by atoms with Crippen LogP contribution >= 0.6 is 11.6 Å². The molecular weight excluding hydrogens is 250 g/mol. The molecule has 0 saturated carbocycles. The van der Waals surface area contributed by atoms with Crippen molar-refractivity contribution in [2.24, 2.45) is 0 Å². The van der Waals surface area contributed by atoms with Crippen LogP contribution in [0.4, 0.5) is 0 Å². The number of benzene rings is 1. The summed E-state index contributed by atoms with van der Waals surface area (Å²) in [4.78, 5) is 11.3. The third kappa shape index (κ3) is 5.23. The maximum atomic E-state index is 11.3. The summed E-state index contributed by atoms with van der Waals surface area (Å²) in [5.41, 5.74) is 0.999. The van der Waals surface area contributed by atoms with Crippen molar-refractivity contribution in [1.82, 2.24) is 5.32 Å². The van der Waals surface area contributed by atoms with Crippen molar-refractivity contribution in [3.05, 3.63) is 41.4 Å². The van der Waals surface area contributed by atoms with Crippen molar-refractivity contribution < 1.29 is 9.53 Å². The molecule has 0 heterocycles. The summed E-state index contributed by atoms with van der Waals surface area (Å²) < 4.78 is 5.59. The summed E-state index contributed by atoms with van der Waals surface area (Å²) in [7, 11) is 0. The minimum absolute atomic E-state index is 0.0197. The van der Waals surface area contributed by atoms with Gasteiger partial charge in [-0.25, -0.2) is 0 Å². The van der Waals surface area contributed by atoms with E-state index in [4.69, 9.17) is 16.3 Å². The van der Waals surface area contributed by atoms with Gasteiger partial charge in [0.2, 0.25) is 5.91 Å². The molecule has 0 aliphatic heterocycles. The van der Waals surface area contributed by atoms with E-state index in [1.807, 2.05) is 19.1 Å². The van der Waals surface area contributed by atoms with Gasteiger partial charge in [-0.2, -0.15) is 0 Å². The van der Waals surface area contributed by atoms with Crippen LogP contribution < -0.4 is 10.1 Å². The molecule has 0 aliphatic rings. The minimum atomic E-state index is 0.0197. The lowest BCUT2D eigenvalue weighted by molar-refractivity contribution is -0.121. The molecule has 0 saturated heterocycles. The summed E-state index contributed by atoms with van der Waals surface area (Å²) in [6, 6.07) is 5.49. The zero-order chi connectivity index (χ0) is 13.4. The molecule has 3 nitrogen and oxygen atoms in total. The van der Waals surface area contributed by atoms with Crippen LogP contribution in [0.15, 0.2) is 30.9 Å². The molecule has 0 unspecified atom stereocenters. The average Bonchev–Trinajstić information content (AvgIpc) is 2.34. The Morgan fingerprint density at radius 2 is 2.33 bits per heavy atom. The lowest BCUT2D eigenvalue weighted by atomic mass is 10.2. The van der Waals surface area contributed by atoms with E-state index < -0.39 is 0 Å². The first-order valence-corrected chi connectivity index (χ1v) is 6.28. The highest BCUT2D eigenvalue weighted by Gasteiger charge is 2.02. The number of carbonyl (C=O) groups excluding carboxylic acids is 1. The van der Waals surface area contributed by atoms with Crippen molar-refractivity contribution in [1.29, 1.82) is 0 Å². The molecule has 1 aromatic carbocycles. The fourth-order valence-electron chi connectivity index (χ4n) is 1.46. The van der Waals surface area contributed by atoms with Crippen LogP contribution in [0.2, 0.25) is 5.02 Å². The fraction of sp³-hybridized carbons (Fsp3) is 0.357. The number of nitrogens with one attached hydrogen (secondary N) is 1. The van der Waals surface area contributed by atoms with Crippen molar-refractivity contribution in [3.63, 3.8) is 0 Å². The second-order valence-electron chi connectivity index (χ2n) is 3.95. The van der Waals surface area contributed by atoms with E-state index in [-0.39, 0.29) is 5.91 Å². The lowest BCUT2D eigenvalue weighted by Crippen LogP contribution is -2.23. The normalized spacial score (nSPS) is 9.89. The number of amides is 1. The first-order valence-electron chi connectivity index (χ1n) is 5.90. The number of carbonyl (C=O) groups is 1. The van der Waals surface area contributed by atoms with Crippen molar-refractivity contribution in [3.8, 4) is 5.75 Å². The smallest absolute Gasteiger partial charge is 0.220 e. The van der Waals surface area contributed by atoms with Crippen LogP contribution in [0.3, 0.4) is 0 Å². The molecule has 0 atom stereocenters. The molecular formula is C14H18ClNO2. The van der Waals surface area contributed by atoms with Crippen molar-refractivity contribution in [2.45, 2.75) is 19.8 Å². The quantitative estimate of drug-likeness (QED) is 0.609. The van der Waals surface area contributed by atoms with Gasteiger partial charge in [0.15, 0.2) is 0 Å². The molecule has 0 fully saturated rings. The molecule has 0 bridgehead atoms. The lowest BCUT2D eigenvalue weighted by Gasteiger charge is -2.09. The standard InChI is InChI=1S/C14H18ClNO2/c1-3-8-16-14(17)5-4-9-18-13-7-6-12(15)10-11(13)2/h3,6-7,10H,1,4-5,8-9H2,2H3,(H,16,17). The number of hydrogen-bond donors (Lipinski definition) is 1. The second-order valence-corrected chi connectivity index (χ2v) is 4.39. The summed E-state index contributed by atoms with van der Waals surface area (Å²) in [6.07, 6.45) is 2.80. The van der Waals surface area contributed by atoms with Gasteiger partial charge in [-0.3, -0.25) is 4.79 Å². The number of rotatable bonds is 7. The first-order chi connectivity index (χ1) is 8.63. The van der Waals surface area contributed by atoms with Crippen LogP contribution in [0.1, 0.15) is 18.4 Å². The SMILES string of the molecule is C=CCNC(=O)CCCOc1ccc(Cl)cc1C. The molecule has 4 heteroatoms. The third-order valence-corrected chi connectivity index (χ3v) is 2.62. The Kier molecular flexibility index (Phi) is 6.29. The van der Waals surface area contributed by atoms with Gasteiger partial charge in [0.25, 0.3) is 0 Å². The van der Waals surface area contributed by atoms with Gasteiger partial charge >= 0.3 is 0 Å². The van der Waals surface area contributed by atoms with Gasteiger partial charge in [-0.05, 0) is 37.1 Å². The first kappa shape index (κ1) is 14.6. The van der Waals surface area contributed by atoms with E-state index >= 15 is 0 Å². The zero-order valence-electron chi connectivity index (χ0n) is 10.5. The van der Waals surface area contributed by atoms with E-state index in [0.29, 0.717) is 31.0 Å². The molecule has 1 amide bonds. The van der Waals surface area contributed by atoms with Gasteiger partial charge in [0, 0.05) is 18.0 Å². The Labute approximate surface area is 113 Å². The second kappa shape index (κ2) is 7.77. The molecule has 0 aliphatic carbocycles. The van der Waals surface area contributed by atoms with E-state index in [2.05, 4.69) is 11.9 Å². The van der Waals surface area contributed by atoms with Gasteiger partial charge in [0.05, 0.1) is 6.61 Å². The largest absolute Gasteiger partial charge is 0.493 e. The summed E-state index contributed by atoms with van der Waals surface area (Å²) in [5.74, 6) is 0.831. The molecule has 0 aromatic heterocycles. The van der Waals surface area contributed by atoms with E-state index in [9.17, 15) is 4.79 Å². The minimum Gasteiger partial charge on any atom is -0.493 e. The summed E-state index contributed by atoms with van der Waals surface area (Å²) in [6.45, 7) is 6.51. The highest BCUT2D eigenvalue weighted by atomic mass is 35.5. The molecule has 1 N–H and O–H groups in total. The van der Waals surface area contributed by atoms with Crippen molar-refractivity contribution >= 4 is 17.5 Å². The predicted molar refractivity (Wildman–Crippen MR) is 74.1 cm³/mol. The fourth-order valence-corrected chi connectivity index (χ4v) is 1.69. The number of aryl methyl sites for hydroxylation is 1. The van der Waals surface area contributed by atoms with Crippen LogP contribution in [0, 0.1) is 6.92 Å². The summed E-state index contributed by atoms with van der Waals surface area (Å²) in [5, 5.41) is 3.42. The third-order valence-electron chi connectivity index (χ3n) is 2.39. The van der Waals surface area contributed by atoms with Gasteiger partial charge in [0.1, 0.15) is 5.75 Å². The van der Waals surface area contributed by atoms with Gasteiger partial charge < -0.3 is 10.1 Å². The average molecular weight is 268 g/mol. The molecule has 1 aromatic rings. The topological polar surface area (TPSA) is 38.3 Å². The Morgan fingerprint density at radius 1 is 1.56 bits per heavy atom.